The molecule has 3 aromatic rings. The average Bonchev–Trinajstić information content (AvgIpc) is 3.80. The molecule has 6 rings (SSSR count). The van der Waals surface area contributed by atoms with Crippen LogP contribution < -0.4 is 26.0 Å². The summed E-state index contributed by atoms with van der Waals surface area (Å²) >= 11 is 0. The maximum atomic E-state index is 13.9. The molecule has 0 radical (unpaired) electrons. The summed E-state index contributed by atoms with van der Waals surface area (Å²) in [5, 5.41) is 17.6. The third kappa shape index (κ3) is 5.01. The van der Waals surface area contributed by atoms with E-state index in [4.69, 9.17) is 9.72 Å². The molecule has 0 spiro atoms. The molecule has 2 amide bonds. The fraction of sp³-hybridized carbons (Fsp3) is 0.393. The van der Waals surface area contributed by atoms with Gasteiger partial charge >= 0.3 is 0 Å². The second-order valence-corrected chi connectivity index (χ2v) is 13.8. The monoisotopic (exact) mass is 546 g/mol. The molecule has 2 heterocycles. The van der Waals surface area contributed by atoms with Gasteiger partial charge in [-0.2, -0.15) is 0 Å². The fourth-order valence-electron chi connectivity index (χ4n) is 5.00. The van der Waals surface area contributed by atoms with E-state index in [0.717, 1.165) is 49.4 Å². The number of benzene rings is 1. The van der Waals surface area contributed by atoms with Crippen LogP contribution in [-0.4, -0.2) is 52.5 Å². The van der Waals surface area contributed by atoms with Crippen molar-refractivity contribution in [3.8, 4) is 17.0 Å². The number of ether oxygens (including phenoxy) is 1. The summed E-state index contributed by atoms with van der Waals surface area (Å²) in [5.41, 5.74) is 3.10. The highest BCUT2D eigenvalue weighted by molar-refractivity contribution is 7.73. The Morgan fingerprint density at radius 2 is 1.72 bits per heavy atom. The maximum Gasteiger partial charge on any atom is 0.273 e. The van der Waals surface area contributed by atoms with Gasteiger partial charge in [-0.3, -0.25) is 14.6 Å². The molecule has 10 nitrogen and oxygen atoms in total. The second kappa shape index (κ2) is 10.1. The van der Waals surface area contributed by atoms with Crippen molar-refractivity contribution in [3.63, 3.8) is 0 Å². The quantitative estimate of drug-likeness (QED) is 0.320. The largest absolute Gasteiger partial charge is 0.494 e. The minimum atomic E-state index is -2.40. The average molecular weight is 547 g/mol. The molecule has 3 fully saturated rings. The minimum Gasteiger partial charge on any atom is -0.494 e. The molecule has 0 bridgehead atoms. The SMILES string of the molecule is CNC(=O)c1nnc(NC(=O)C2CC2)cc1Nc1cccc(-c2ccc(P(=O)(C3CC3)C3CC3)cn2)c1OC. The van der Waals surface area contributed by atoms with Crippen LogP contribution in [-0.2, 0) is 9.36 Å². The van der Waals surface area contributed by atoms with E-state index in [1.165, 1.54) is 7.05 Å². The molecular formula is C28H31N6O4P. The lowest BCUT2D eigenvalue weighted by molar-refractivity contribution is -0.117. The van der Waals surface area contributed by atoms with Crippen molar-refractivity contribution in [3.05, 3.63) is 48.3 Å². The molecule has 0 unspecified atom stereocenters. The molecule has 3 aliphatic rings. The number of carbonyl (C=O) groups is 2. The Hall–Kier alpha value is -3.78. The predicted octanol–water partition coefficient (Wildman–Crippen LogP) is 4.31. The second-order valence-electron chi connectivity index (χ2n) is 10.4. The summed E-state index contributed by atoms with van der Waals surface area (Å²) in [6.45, 7) is 0. The number of hydrogen-bond acceptors (Lipinski definition) is 8. The molecule has 39 heavy (non-hydrogen) atoms. The number of anilines is 3. The first-order valence-corrected chi connectivity index (χ1v) is 15.2. The summed E-state index contributed by atoms with van der Waals surface area (Å²) in [6.07, 6.45) is 7.68. The van der Waals surface area contributed by atoms with Crippen molar-refractivity contribution in [1.29, 1.82) is 0 Å². The Morgan fingerprint density at radius 1 is 0.974 bits per heavy atom. The number of nitrogens with zero attached hydrogens (tertiary/aromatic N) is 3. The summed E-state index contributed by atoms with van der Waals surface area (Å²) in [4.78, 5) is 29.5. The molecule has 0 saturated heterocycles. The fourth-order valence-corrected chi connectivity index (χ4v) is 8.82. The van der Waals surface area contributed by atoms with Gasteiger partial charge in [0.2, 0.25) is 5.91 Å². The molecule has 0 aliphatic heterocycles. The number of carbonyl (C=O) groups excluding carboxylic acids is 2. The van der Waals surface area contributed by atoms with Gasteiger partial charge in [0.1, 0.15) is 7.14 Å². The van der Waals surface area contributed by atoms with Crippen molar-refractivity contribution >= 4 is 41.5 Å². The van der Waals surface area contributed by atoms with Crippen LogP contribution in [0.5, 0.6) is 5.75 Å². The highest BCUT2D eigenvalue weighted by Crippen LogP contribution is 2.69. The van der Waals surface area contributed by atoms with Crippen LogP contribution in [0.4, 0.5) is 17.2 Å². The smallest absolute Gasteiger partial charge is 0.273 e. The van der Waals surface area contributed by atoms with E-state index < -0.39 is 13.0 Å². The van der Waals surface area contributed by atoms with Crippen molar-refractivity contribution in [2.24, 2.45) is 5.92 Å². The summed E-state index contributed by atoms with van der Waals surface area (Å²) in [7, 11) is 0.679. The lowest BCUT2D eigenvalue weighted by Gasteiger charge is -2.19. The molecule has 0 atom stereocenters. The van der Waals surface area contributed by atoms with Gasteiger partial charge in [0.15, 0.2) is 17.3 Å². The van der Waals surface area contributed by atoms with Gasteiger partial charge in [0.05, 0.1) is 24.2 Å². The standard InChI is InChI=1S/C28H31N6O4P/c1-29-28(36)25-23(14-24(33-34-25)32-27(35)16-6-7-16)31-22-5-3-4-20(26(22)38-2)21-13-12-19(15-30-21)39(37,17-8-9-17)18-10-11-18/h3-5,12-18H,6-11H2,1-2H3,(H,29,36)(H2,31,32,33,35). The minimum absolute atomic E-state index is 0.0000495. The zero-order valence-electron chi connectivity index (χ0n) is 21.9. The first-order valence-electron chi connectivity index (χ1n) is 13.3. The molecular weight excluding hydrogens is 515 g/mol. The van der Waals surface area contributed by atoms with Crippen molar-refractivity contribution in [2.45, 2.75) is 49.8 Å². The van der Waals surface area contributed by atoms with E-state index in [-0.39, 0.29) is 23.3 Å². The molecule has 1 aromatic carbocycles. The van der Waals surface area contributed by atoms with E-state index in [1.807, 2.05) is 30.3 Å². The van der Waals surface area contributed by atoms with Crippen LogP contribution in [0.2, 0.25) is 0 Å². The van der Waals surface area contributed by atoms with Crippen LogP contribution in [0.25, 0.3) is 11.3 Å². The van der Waals surface area contributed by atoms with Gasteiger partial charge in [-0.05, 0) is 62.8 Å². The number of nitrogens with one attached hydrogen (secondary N) is 3. The van der Waals surface area contributed by atoms with Gasteiger partial charge in [0.25, 0.3) is 5.91 Å². The Balaban J connectivity index is 1.31. The van der Waals surface area contributed by atoms with E-state index in [2.05, 4.69) is 26.1 Å². The van der Waals surface area contributed by atoms with Gasteiger partial charge in [-0.25, -0.2) is 0 Å². The van der Waals surface area contributed by atoms with Gasteiger partial charge in [0, 0.05) is 47.4 Å². The molecule has 11 heteroatoms. The van der Waals surface area contributed by atoms with Gasteiger partial charge in [-0.15, -0.1) is 10.2 Å². The van der Waals surface area contributed by atoms with Gasteiger partial charge in [-0.1, -0.05) is 6.07 Å². The first-order chi connectivity index (χ1) is 18.9. The number of rotatable bonds is 10. The van der Waals surface area contributed by atoms with E-state index in [9.17, 15) is 14.2 Å². The summed E-state index contributed by atoms with van der Waals surface area (Å²) < 4.78 is 19.7. The molecule has 202 valence electrons. The van der Waals surface area contributed by atoms with E-state index in [1.54, 1.807) is 19.4 Å². The normalized spacial score (nSPS) is 16.9. The maximum absolute atomic E-state index is 13.9. The zero-order valence-corrected chi connectivity index (χ0v) is 22.8. The third-order valence-corrected chi connectivity index (χ3v) is 11.8. The zero-order chi connectivity index (χ0) is 27.1. The number of pyridine rings is 1. The number of methoxy groups -OCH3 is 1. The molecule has 2 aromatic heterocycles. The number of amides is 2. The summed E-state index contributed by atoms with van der Waals surface area (Å²) in [6, 6.07) is 11.0. The van der Waals surface area contributed by atoms with Crippen LogP contribution in [0.3, 0.4) is 0 Å². The van der Waals surface area contributed by atoms with Crippen LogP contribution in [0.1, 0.15) is 49.0 Å². The molecule has 3 N–H and O–H groups in total. The van der Waals surface area contributed by atoms with Crippen LogP contribution in [0, 0.1) is 5.92 Å². The van der Waals surface area contributed by atoms with E-state index >= 15 is 0 Å². The lowest BCUT2D eigenvalue weighted by Crippen LogP contribution is -2.22. The number of para-hydroxylation sites is 1. The first kappa shape index (κ1) is 25.5. The van der Waals surface area contributed by atoms with Crippen molar-refractivity contribution in [1.82, 2.24) is 20.5 Å². The highest BCUT2D eigenvalue weighted by Gasteiger charge is 2.51. The lowest BCUT2D eigenvalue weighted by atomic mass is 10.1. The van der Waals surface area contributed by atoms with Crippen LogP contribution >= 0.6 is 7.14 Å². The number of aromatic nitrogens is 3. The Bertz CT molecular complexity index is 1470. The topological polar surface area (TPSA) is 135 Å². The Kier molecular flexibility index (Phi) is 6.59. The number of hydrogen-bond donors (Lipinski definition) is 3. The summed E-state index contributed by atoms with van der Waals surface area (Å²) in [5.74, 6) is 0.247. The third-order valence-electron chi connectivity index (χ3n) is 7.53. The van der Waals surface area contributed by atoms with Crippen LogP contribution in [0.15, 0.2) is 42.6 Å². The molecule has 3 saturated carbocycles. The Morgan fingerprint density at radius 3 is 2.31 bits per heavy atom. The van der Waals surface area contributed by atoms with Gasteiger partial charge < -0.3 is 25.3 Å². The molecule has 3 aliphatic carbocycles. The van der Waals surface area contributed by atoms with E-state index in [0.29, 0.717) is 34.1 Å². The predicted molar refractivity (Wildman–Crippen MR) is 150 cm³/mol. The highest BCUT2D eigenvalue weighted by atomic mass is 31.2. The Labute approximate surface area is 226 Å². The van der Waals surface area contributed by atoms with Crippen molar-refractivity contribution in [2.75, 3.05) is 24.8 Å². The van der Waals surface area contributed by atoms with Crippen molar-refractivity contribution < 1.29 is 18.9 Å².